The second-order valence-electron chi connectivity index (χ2n) is 8.52. The zero-order valence-corrected chi connectivity index (χ0v) is 19.1. The molecular formula is C25H31N5O3. The lowest BCUT2D eigenvalue weighted by Crippen LogP contribution is -2.38. The van der Waals surface area contributed by atoms with E-state index >= 15 is 0 Å². The monoisotopic (exact) mass is 449 g/mol. The third kappa shape index (κ3) is 6.12. The molecule has 0 saturated carbocycles. The molecule has 8 heteroatoms. The van der Waals surface area contributed by atoms with Gasteiger partial charge < -0.3 is 25.3 Å². The van der Waals surface area contributed by atoms with E-state index in [1.807, 2.05) is 32.0 Å². The molecule has 1 aromatic heterocycles. The van der Waals surface area contributed by atoms with E-state index in [1.165, 1.54) is 0 Å². The first-order valence-electron chi connectivity index (χ1n) is 11.4. The van der Waals surface area contributed by atoms with Crippen molar-refractivity contribution in [3.05, 3.63) is 60.3 Å². The predicted molar refractivity (Wildman–Crippen MR) is 131 cm³/mol. The van der Waals surface area contributed by atoms with Crippen LogP contribution in [0, 0.1) is 0 Å². The predicted octanol–water partition coefficient (Wildman–Crippen LogP) is 3.76. The van der Waals surface area contributed by atoms with Crippen molar-refractivity contribution < 1.29 is 14.3 Å². The SMILES string of the molecule is CC(C)NC(=O)Nc1ccc(C(=O)Nc2ccc3c(ccn3CCN3CCOCC3)c2)cc1. The highest BCUT2D eigenvalue weighted by atomic mass is 16.5. The Morgan fingerprint density at radius 1 is 0.939 bits per heavy atom. The molecule has 1 aliphatic heterocycles. The Labute approximate surface area is 193 Å². The number of aromatic nitrogens is 1. The third-order valence-corrected chi connectivity index (χ3v) is 5.61. The summed E-state index contributed by atoms with van der Waals surface area (Å²) in [4.78, 5) is 26.9. The molecule has 3 N–H and O–H groups in total. The van der Waals surface area contributed by atoms with Gasteiger partial charge in [0.2, 0.25) is 0 Å². The molecule has 1 saturated heterocycles. The standard InChI is InChI=1S/C25H31N5O3/c1-18(2)26-25(32)28-21-5-3-19(4-6-21)24(31)27-22-7-8-23-20(17-22)9-10-30(23)12-11-29-13-15-33-16-14-29/h3-10,17-18H,11-16H2,1-2H3,(H,27,31)(H2,26,28,32). The van der Waals surface area contributed by atoms with Crippen molar-refractivity contribution in [2.75, 3.05) is 43.5 Å². The Balaban J connectivity index is 1.35. The van der Waals surface area contributed by atoms with Crippen molar-refractivity contribution in [3.8, 4) is 0 Å². The first-order chi connectivity index (χ1) is 16.0. The lowest BCUT2D eigenvalue weighted by atomic mass is 10.1. The summed E-state index contributed by atoms with van der Waals surface area (Å²) in [6.45, 7) is 9.29. The van der Waals surface area contributed by atoms with Crippen LogP contribution in [0.1, 0.15) is 24.2 Å². The number of urea groups is 1. The van der Waals surface area contributed by atoms with Gasteiger partial charge in [-0.25, -0.2) is 4.79 Å². The Kier molecular flexibility index (Phi) is 7.26. The van der Waals surface area contributed by atoms with Gasteiger partial charge in [0, 0.05) is 66.3 Å². The van der Waals surface area contributed by atoms with Crippen LogP contribution < -0.4 is 16.0 Å². The van der Waals surface area contributed by atoms with Crippen LogP contribution in [0.3, 0.4) is 0 Å². The molecule has 8 nitrogen and oxygen atoms in total. The zero-order chi connectivity index (χ0) is 23.2. The molecule has 0 aliphatic carbocycles. The van der Waals surface area contributed by atoms with Crippen LogP contribution in [0.15, 0.2) is 54.7 Å². The maximum Gasteiger partial charge on any atom is 0.319 e. The molecule has 3 aromatic rings. The average Bonchev–Trinajstić information content (AvgIpc) is 3.20. The lowest BCUT2D eigenvalue weighted by molar-refractivity contribution is 0.0365. The zero-order valence-electron chi connectivity index (χ0n) is 19.1. The van der Waals surface area contributed by atoms with Gasteiger partial charge in [0.1, 0.15) is 0 Å². The molecule has 3 amide bonds. The van der Waals surface area contributed by atoms with E-state index in [4.69, 9.17) is 4.74 Å². The fourth-order valence-electron chi connectivity index (χ4n) is 3.88. The highest BCUT2D eigenvalue weighted by molar-refractivity contribution is 6.05. The molecular weight excluding hydrogens is 418 g/mol. The number of carbonyl (C=O) groups excluding carboxylic acids is 2. The average molecular weight is 450 g/mol. The Hall–Kier alpha value is -3.36. The molecule has 33 heavy (non-hydrogen) atoms. The van der Waals surface area contributed by atoms with Gasteiger partial charge in [-0.15, -0.1) is 0 Å². The van der Waals surface area contributed by atoms with E-state index < -0.39 is 0 Å². The second-order valence-corrected chi connectivity index (χ2v) is 8.52. The van der Waals surface area contributed by atoms with Crippen molar-refractivity contribution in [2.24, 2.45) is 0 Å². The molecule has 0 radical (unpaired) electrons. The molecule has 0 bridgehead atoms. The minimum absolute atomic E-state index is 0.0501. The molecule has 0 unspecified atom stereocenters. The lowest BCUT2D eigenvalue weighted by Gasteiger charge is -2.26. The molecule has 174 valence electrons. The maximum atomic E-state index is 12.7. The van der Waals surface area contributed by atoms with Gasteiger partial charge >= 0.3 is 6.03 Å². The number of benzene rings is 2. The van der Waals surface area contributed by atoms with Crippen molar-refractivity contribution >= 4 is 34.2 Å². The number of nitrogens with zero attached hydrogens (tertiary/aromatic N) is 2. The highest BCUT2D eigenvalue weighted by Gasteiger charge is 2.12. The van der Waals surface area contributed by atoms with Crippen molar-refractivity contribution in [2.45, 2.75) is 26.4 Å². The maximum absolute atomic E-state index is 12.7. The quantitative estimate of drug-likeness (QED) is 0.513. The van der Waals surface area contributed by atoms with Gasteiger partial charge in [-0.3, -0.25) is 9.69 Å². The number of hydrogen-bond acceptors (Lipinski definition) is 4. The number of carbonyl (C=O) groups is 2. The van der Waals surface area contributed by atoms with Crippen molar-refractivity contribution in [1.82, 2.24) is 14.8 Å². The number of anilines is 2. The van der Waals surface area contributed by atoms with Gasteiger partial charge in [-0.2, -0.15) is 0 Å². The third-order valence-electron chi connectivity index (χ3n) is 5.61. The van der Waals surface area contributed by atoms with Crippen LogP contribution in [-0.2, 0) is 11.3 Å². The Morgan fingerprint density at radius 2 is 1.67 bits per heavy atom. The molecule has 1 fully saturated rings. The summed E-state index contributed by atoms with van der Waals surface area (Å²) >= 11 is 0. The van der Waals surface area contributed by atoms with Crippen LogP contribution in [0.4, 0.5) is 16.2 Å². The van der Waals surface area contributed by atoms with E-state index in [1.54, 1.807) is 24.3 Å². The summed E-state index contributed by atoms with van der Waals surface area (Å²) < 4.78 is 7.66. The topological polar surface area (TPSA) is 87.6 Å². The largest absolute Gasteiger partial charge is 0.379 e. The molecule has 1 aliphatic rings. The first kappa shape index (κ1) is 22.8. The Morgan fingerprint density at radius 3 is 2.39 bits per heavy atom. The van der Waals surface area contributed by atoms with Crippen LogP contribution >= 0.6 is 0 Å². The van der Waals surface area contributed by atoms with E-state index in [2.05, 4.69) is 37.7 Å². The van der Waals surface area contributed by atoms with E-state index in [0.717, 1.165) is 56.0 Å². The van der Waals surface area contributed by atoms with Crippen molar-refractivity contribution in [1.29, 1.82) is 0 Å². The summed E-state index contributed by atoms with van der Waals surface area (Å²) in [5.74, 6) is -0.195. The van der Waals surface area contributed by atoms with Gasteiger partial charge in [-0.05, 0) is 62.4 Å². The van der Waals surface area contributed by atoms with E-state index in [9.17, 15) is 9.59 Å². The Bertz CT molecular complexity index is 1100. The van der Waals surface area contributed by atoms with Crippen LogP contribution in [-0.4, -0.2) is 60.3 Å². The molecule has 4 rings (SSSR count). The molecule has 2 aromatic carbocycles. The van der Waals surface area contributed by atoms with Crippen molar-refractivity contribution in [3.63, 3.8) is 0 Å². The van der Waals surface area contributed by atoms with Crippen LogP contribution in [0.5, 0.6) is 0 Å². The summed E-state index contributed by atoms with van der Waals surface area (Å²) in [6.07, 6.45) is 2.10. The second kappa shape index (κ2) is 10.5. The number of nitrogens with one attached hydrogen (secondary N) is 3. The number of hydrogen-bond donors (Lipinski definition) is 3. The van der Waals surface area contributed by atoms with Gasteiger partial charge in [-0.1, -0.05) is 0 Å². The molecule has 0 spiro atoms. The summed E-state index contributed by atoms with van der Waals surface area (Å²) in [5.41, 5.74) is 3.05. The number of amides is 3. The molecule has 0 atom stereocenters. The van der Waals surface area contributed by atoms with Gasteiger partial charge in [0.05, 0.1) is 13.2 Å². The van der Waals surface area contributed by atoms with E-state index in [-0.39, 0.29) is 18.0 Å². The smallest absolute Gasteiger partial charge is 0.319 e. The number of morpholine rings is 1. The minimum Gasteiger partial charge on any atom is -0.379 e. The highest BCUT2D eigenvalue weighted by Crippen LogP contribution is 2.21. The summed E-state index contributed by atoms with van der Waals surface area (Å²) in [7, 11) is 0. The van der Waals surface area contributed by atoms with Crippen LogP contribution in [0.2, 0.25) is 0 Å². The fraction of sp³-hybridized carbons (Fsp3) is 0.360. The number of rotatable bonds is 7. The normalized spacial score (nSPS) is 14.4. The number of fused-ring (bicyclic) bond motifs is 1. The fourth-order valence-corrected chi connectivity index (χ4v) is 3.88. The minimum atomic E-state index is -0.271. The van der Waals surface area contributed by atoms with E-state index in [0.29, 0.717) is 11.3 Å². The van der Waals surface area contributed by atoms with Crippen LogP contribution in [0.25, 0.3) is 10.9 Å². The number of ether oxygens (including phenoxy) is 1. The summed E-state index contributed by atoms with van der Waals surface area (Å²) in [6, 6.07) is 14.6. The molecule has 2 heterocycles. The van der Waals surface area contributed by atoms with Gasteiger partial charge in [0.15, 0.2) is 0 Å². The van der Waals surface area contributed by atoms with Gasteiger partial charge in [0.25, 0.3) is 5.91 Å². The first-order valence-corrected chi connectivity index (χ1v) is 11.4. The summed E-state index contributed by atoms with van der Waals surface area (Å²) in [5, 5.41) is 9.56.